The van der Waals surface area contributed by atoms with Crippen molar-refractivity contribution in [3.8, 4) is 0 Å². The molecular formula is C8H3F5O5S. The van der Waals surface area contributed by atoms with Crippen LogP contribution in [0.25, 0.3) is 0 Å². The SMILES string of the molecule is O=C(O)C(c1c(F)c(F)c(F)c(F)c1F)S(=O)(=O)O. The normalized spacial score (nSPS) is 13.4. The van der Waals surface area contributed by atoms with Crippen LogP contribution in [0.5, 0.6) is 0 Å². The molecule has 0 aliphatic rings. The number of hydrogen-bond donors (Lipinski definition) is 2. The van der Waals surface area contributed by atoms with Gasteiger partial charge >= 0.3 is 5.97 Å². The first-order chi connectivity index (χ1) is 8.50. The van der Waals surface area contributed by atoms with Gasteiger partial charge in [0.2, 0.25) is 11.1 Å². The summed E-state index contributed by atoms with van der Waals surface area (Å²) >= 11 is 0. The smallest absolute Gasteiger partial charge is 0.329 e. The van der Waals surface area contributed by atoms with Crippen LogP contribution >= 0.6 is 0 Å². The molecule has 11 heteroatoms. The van der Waals surface area contributed by atoms with E-state index in [0.717, 1.165) is 0 Å². The fourth-order valence-corrected chi connectivity index (χ4v) is 2.01. The van der Waals surface area contributed by atoms with E-state index in [2.05, 4.69) is 0 Å². The first kappa shape index (κ1) is 15.3. The molecule has 1 aromatic rings. The predicted octanol–water partition coefficient (Wildman–Crippen LogP) is 1.40. The fraction of sp³-hybridized carbons (Fsp3) is 0.125. The molecular weight excluding hydrogens is 303 g/mol. The van der Waals surface area contributed by atoms with Crippen LogP contribution in [0.15, 0.2) is 0 Å². The van der Waals surface area contributed by atoms with Gasteiger partial charge in [0.15, 0.2) is 23.3 Å². The molecule has 0 spiro atoms. The monoisotopic (exact) mass is 306 g/mol. The summed E-state index contributed by atoms with van der Waals surface area (Å²) < 4.78 is 94.5. The van der Waals surface area contributed by atoms with Gasteiger partial charge in [0, 0.05) is 0 Å². The van der Waals surface area contributed by atoms with Crippen molar-refractivity contribution < 1.29 is 44.8 Å². The lowest BCUT2D eigenvalue weighted by molar-refractivity contribution is -0.136. The molecule has 19 heavy (non-hydrogen) atoms. The average Bonchev–Trinajstić information content (AvgIpc) is 2.27. The Morgan fingerprint density at radius 3 is 1.47 bits per heavy atom. The Bertz CT molecular complexity index is 627. The van der Waals surface area contributed by atoms with Crippen molar-refractivity contribution in [3.63, 3.8) is 0 Å². The Morgan fingerprint density at radius 1 is 0.895 bits per heavy atom. The van der Waals surface area contributed by atoms with Crippen molar-refractivity contribution in [2.75, 3.05) is 0 Å². The molecule has 1 unspecified atom stereocenters. The van der Waals surface area contributed by atoms with E-state index in [4.69, 9.17) is 9.66 Å². The number of aliphatic carboxylic acids is 1. The molecule has 5 nitrogen and oxygen atoms in total. The summed E-state index contributed by atoms with van der Waals surface area (Å²) in [6.07, 6.45) is 0. The Balaban J connectivity index is 3.82. The van der Waals surface area contributed by atoms with Gasteiger partial charge in [-0.25, -0.2) is 22.0 Å². The molecule has 0 radical (unpaired) electrons. The van der Waals surface area contributed by atoms with Gasteiger partial charge < -0.3 is 5.11 Å². The van der Waals surface area contributed by atoms with Gasteiger partial charge in [-0.3, -0.25) is 9.35 Å². The number of carbonyl (C=O) groups is 1. The van der Waals surface area contributed by atoms with Crippen molar-refractivity contribution >= 4 is 16.1 Å². The van der Waals surface area contributed by atoms with E-state index in [1.807, 2.05) is 0 Å². The van der Waals surface area contributed by atoms with E-state index in [1.54, 1.807) is 0 Å². The highest BCUT2D eigenvalue weighted by atomic mass is 32.2. The van der Waals surface area contributed by atoms with Crippen molar-refractivity contribution in [1.29, 1.82) is 0 Å². The topological polar surface area (TPSA) is 91.7 Å². The van der Waals surface area contributed by atoms with Crippen LogP contribution in [0, 0.1) is 29.1 Å². The fourth-order valence-electron chi connectivity index (χ4n) is 1.25. The first-order valence-corrected chi connectivity index (χ1v) is 5.70. The number of carboxylic acid groups (broad SMARTS) is 1. The Hall–Kier alpha value is -1.75. The van der Waals surface area contributed by atoms with Gasteiger partial charge in [0.05, 0.1) is 5.56 Å². The van der Waals surface area contributed by atoms with Gasteiger partial charge in [0.1, 0.15) is 0 Å². The zero-order valence-corrected chi connectivity index (χ0v) is 9.31. The second-order valence-corrected chi connectivity index (χ2v) is 4.72. The predicted molar refractivity (Wildman–Crippen MR) is 48.2 cm³/mol. The number of rotatable bonds is 3. The molecule has 0 saturated heterocycles. The largest absolute Gasteiger partial charge is 0.480 e. The van der Waals surface area contributed by atoms with Crippen molar-refractivity contribution in [2.24, 2.45) is 0 Å². The summed E-state index contributed by atoms with van der Waals surface area (Å²) in [5.74, 6) is -15.4. The van der Waals surface area contributed by atoms with E-state index < -0.39 is 56.0 Å². The lowest BCUT2D eigenvalue weighted by atomic mass is 10.1. The van der Waals surface area contributed by atoms with Crippen LogP contribution in [0.2, 0.25) is 0 Å². The summed E-state index contributed by atoms with van der Waals surface area (Å²) in [6, 6.07) is 0. The summed E-state index contributed by atoms with van der Waals surface area (Å²) in [4.78, 5) is 10.5. The third kappa shape index (κ3) is 2.51. The molecule has 0 heterocycles. The third-order valence-corrected chi connectivity index (χ3v) is 3.06. The van der Waals surface area contributed by atoms with Crippen molar-refractivity contribution in [1.82, 2.24) is 0 Å². The van der Waals surface area contributed by atoms with Crippen molar-refractivity contribution in [2.45, 2.75) is 5.25 Å². The Labute approximate surface area is 102 Å². The van der Waals surface area contributed by atoms with E-state index in [0.29, 0.717) is 0 Å². The molecule has 0 saturated carbocycles. The second-order valence-electron chi connectivity index (χ2n) is 3.22. The van der Waals surface area contributed by atoms with Gasteiger partial charge in [-0.1, -0.05) is 0 Å². The first-order valence-electron chi connectivity index (χ1n) is 4.20. The maximum atomic E-state index is 13.2. The van der Waals surface area contributed by atoms with Crippen LogP contribution in [0.1, 0.15) is 10.8 Å². The lowest BCUT2D eigenvalue weighted by Gasteiger charge is -2.13. The maximum absolute atomic E-state index is 13.2. The van der Waals surface area contributed by atoms with Crippen molar-refractivity contribution in [3.05, 3.63) is 34.6 Å². The molecule has 1 aromatic carbocycles. The number of hydrogen-bond acceptors (Lipinski definition) is 3. The highest BCUT2D eigenvalue weighted by Crippen LogP contribution is 2.31. The summed E-state index contributed by atoms with van der Waals surface area (Å²) in [5.41, 5.74) is -2.16. The summed E-state index contributed by atoms with van der Waals surface area (Å²) in [6.45, 7) is 0. The van der Waals surface area contributed by atoms with E-state index in [9.17, 15) is 35.2 Å². The highest BCUT2D eigenvalue weighted by Gasteiger charge is 2.41. The minimum atomic E-state index is -5.64. The summed E-state index contributed by atoms with van der Waals surface area (Å²) in [7, 11) is -5.64. The van der Waals surface area contributed by atoms with Gasteiger partial charge in [-0.15, -0.1) is 0 Å². The molecule has 106 valence electrons. The quantitative estimate of drug-likeness (QED) is 0.381. The molecule has 0 amide bonds. The summed E-state index contributed by atoms with van der Waals surface area (Å²) in [5, 5.41) is 5.12. The van der Waals surface area contributed by atoms with Crippen LogP contribution in [0.4, 0.5) is 22.0 Å². The minimum absolute atomic E-state index is 2.16. The van der Waals surface area contributed by atoms with E-state index in [1.165, 1.54) is 0 Å². The van der Waals surface area contributed by atoms with Gasteiger partial charge in [-0.05, 0) is 0 Å². The van der Waals surface area contributed by atoms with E-state index >= 15 is 0 Å². The van der Waals surface area contributed by atoms with Crippen LogP contribution < -0.4 is 0 Å². The third-order valence-electron chi connectivity index (χ3n) is 2.03. The van der Waals surface area contributed by atoms with Crippen LogP contribution in [-0.2, 0) is 14.9 Å². The lowest BCUT2D eigenvalue weighted by Crippen LogP contribution is -2.25. The van der Waals surface area contributed by atoms with Gasteiger partial charge in [0.25, 0.3) is 10.1 Å². The molecule has 0 fully saturated rings. The molecule has 0 aliphatic carbocycles. The van der Waals surface area contributed by atoms with E-state index in [-0.39, 0.29) is 0 Å². The highest BCUT2D eigenvalue weighted by molar-refractivity contribution is 7.86. The Morgan fingerprint density at radius 2 is 1.21 bits per heavy atom. The average molecular weight is 306 g/mol. The minimum Gasteiger partial charge on any atom is -0.480 e. The molecule has 1 atom stereocenters. The number of halogens is 5. The molecule has 0 aliphatic heterocycles. The molecule has 1 rings (SSSR count). The van der Waals surface area contributed by atoms with Crippen LogP contribution in [-0.4, -0.2) is 24.0 Å². The maximum Gasteiger partial charge on any atom is 0.329 e. The van der Waals surface area contributed by atoms with Crippen LogP contribution in [0.3, 0.4) is 0 Å². The van der Waals surface area contributed by atoms with Gasteiger partial charge in [-0.2, -0.15) is 8.42 Å². The second kappa shape index (κ2) is 4.74. The molecule has 0 aromatic heterocycles. The molecule has 0 bridgehead atoms. The molecule has 2 N–H and O–H groups in total. The standard InChI is InChI=1S/C8H3F5O5S/c9-2-1(7(8(14)15)19(16,17)18)3(10)5(12)6(13)4(2)11/h7H,(H,14,15)(H,16,17,18). The number of benzene rings is 1. The zero-order valence-electron chi connectivity index (χ0n) is 8.49. The number of carboxylic acids is 1. The zero-order chi connectivity index (χ0) is 15.1. The Kier molecular flexibility index (Phi) is 3.82.